The smallest absolute Gasteiger partial charge is 0.0557 e. The molecule has 0 radical (unpaired) electrons. The Bertz CT molecular complexity index is 194. The van der Waals surface area contributed by atoms with E-state index in [1.54, 1.807) is 0 Å². The zero-order valence-electron chi connectivity index (χ0n) is 7.17. The molecule has 0 amide bonds. The van der Waals surface area contributed by atoms with Gasteiger partial charge in [0.1, 0.15) is 0 Å². The fourth-order valence-corrected chi connectivity index (χ4v) is 1.03. The second-order valence-electron chi connectivity index (χ2n) is 2.86. The van der Waals surface area contributed by atoms with Crippen LogP contribution in [0, 0.1) is 0 Å². The van der Waals surface area contributed by atoms with Gasteiger partial charge in [-0.05, 0) is 19.9 Å². The van der Waals surface area contributed by atoms with Crippen LogP contribution in [0.4, 0.5) is 0 Å². The third-order valence-corrected chi connectivity index (χ3v) is 1.89. The number of rotatable bonds is 2. The average molecular weight is 153 g/mol. The second kappa shape index (κ2) is 3.53. The van der Waals surface area contributed by atoms with E-state index in [9.17, 15) is 0 Å². The highest BCUT2D eigenvalue weighted by Crippen LogP contribution is 2.07. The molecule has 0 aliphatic carbocycles. The van der Waals surface area contributed by atoms with Gasteiger partial charge >= 0.3 is 0 Å². The number of hydrogen-bond acceptors (Lipinski definition) is 3. The summed E-state index contributed by atoms with van der Waals surface area (Å²) in [6.07, 6.45) is 2.81. The molecule has 0 spiro atoms. The van der Waals surface area contributed by atoms with Crippen molar-refractivity contribution in [3.63, 3.8) is 0 Å². The van der Waals surface area contributed by atoms with Gasteiger partial charge < -0.3 is 10.6 Å². The average Bonchev–Trinajstić information content (AvgIpc) is 1.98. The molecule has 1 heterocycles. The van der Waals surface area contributed by atoms with Gasteiger partial charge in [-0.2, -0.15) is 0 Å². The van der Waals surface area contributed by atoms with Crippen LogP contribution in [0.2, 0.25) is 0 Å². The van der Waals surface area contributed by atoms with Gasteiger partial charge in [0.2, 0.25) is 0 Å². The molecule has 1 aliphatic heterocycles. The lowest BCUT2D eigenvalue weighted by molar-refractivity contribution is 0.467. The van der Waals surface area contributed by atoms with E-state index in [0.29, 0.717) is 6.54 Å². The Morgan fingerprint density at radius 2 is 2.45 bits per heavy atom. The van der Waals surface area contributed by atoms with Gasteiger partial charge in [-0.3, -0.25) is 4.99 Å². The maximum atomic E-state index is 5.42. The standard InChI is InChI=1S/C8H15N3/c1-7-5-10-8(3-4-9)6-11(7)2/h5H,3-4,6,9H2,1-2H3. The van der Waals surface area contributed by atoms with E-state index in [4.69, 9.17) is 5.73 Å². The summed E-state index contributed by atoms with van der Waals surface area (Å²) < 4.78 is 0. The first-order chi connectivity index (χ1) is 5.24. The van der Waals surface area contributed by atoms with Crippen molar-refractivity contribution in [2.75, 3.05) is 20.1 Å². The van der Waals surface area contributed by atoms with Crippen LogP contribution in [0.3, 0.4) is 0 Å². The molecule has 0 unspecified atom stereocenters. The van der Waals surface area contributed by atoms with Gasteiger partial charge in [0, 0.05) is 24.7 Å². The summed E-state index contributed by atoms with van der Waals surface area (Å²) >= 11 is 0. The summed E-state index contributed by atoms with van der Waals surface area (Å²) in [5.41, 5.74) is 7.81. The molecule has 0 atom stereocenters. The molecule has 62 valence electrons. The molecule has 3 heteroatoms. The molecule has 1 rings (SSSR count). The summed E-state index contributed by atoms with van der Waals surface area (Å²) in [6.45, 7) is 3.68. The zero-order valence-corrected chi connectivity index (χ0v) is 7.17. The summed E-state index contributed by atoms with van der Waals surface area (Å²) in [5, 5.41) is 0. The van der Waals surface area contributed by atoms with E-state index >= 15 is 0 Å². The predicted octanol–water partition coefficient (Wildman–Crippen LogP) is 0.583. The molecular weight excluding hydrogens is 138 g/mol. The third kappa shape index (κ3) is 2.05. The van der Waals surface area contributed by atoms with E-state index in [0.717, 1.165) is 13.0 Å². The van der Waals surface area contributed by atoms with Crippen LogP contribution >= 0.6 is 0 Å². The Kier molecular flexibility index (Phi) is 2.65. The fourth-order valence-electron chi connectivity index (χ4n) is 1.03. The molecule has 2 N–H and O–H groups in total. The van der Waals surface area contributed by atoms with Gasteiger partial charge in [-0.1, -0.05) is 0 Å². The Morgan fingerprint density at radius 3 is 3.00 bits per heavy atom. The van der Waals surface area contributed by atoms with Gasteiger partial charge in [0.15, 0.2) is 0 Å². The minimum absolute atomic E-state index is 0.694. The minimum atomic E-state index is 0.694. The summed E-state index contributed by atoms with van der Waals surface area (Å²) in [4.78, 5) is 6.46. The molecule has 0 aromatic carbocycles. The van der Waals surface area contributed by atoms with Crippen LogP contribution in [-0.4, -0.2) is 30.7 Å². The van der Waals surface area contributed by atoms with Crippen molar-refractivity contribution in [2.45, 2.75) is 13.3 Å². The highest BCUT2D eigenvalue weighted by Gasteiger charge is 2.07. The van der Waals surface area contributed by atoms with Crippen molar-refractivity contribution < 1.29 is 0 Å². The fraction of sp³-hybridized carbons (Fsp3) is 0.625. The Balaban J connectivity index is 2.58. The molecule has 3 nitrogen and oxygen atoms in total. The normalized spacial score (nSPS) is 17.9. The van der Waals surface area contributed by atoms with E-state index < -0.39 is 0 Å². The van der Waals surface area contributed by atoms with Crippen molar-refractivity contribution in [1.29, 1.82) is 0 Å². The molecule has 0 fully saturated rings. The first-order valence-corrected chi connectivity index (χ1v) is 3.87. The van der Waals surface area contributed by atoms with Gasteiger partial charge in [0.25, 0.3) is 0 Å². The van der Waals surface area contributed by atoms with Crippen molar-refractivity contribution in [3.05, 3.63) is 11.9 Å². The third-order valence-electron chi connectivity index (χ3n) is 1.89. The van der Waals surface area contributed by atoms with Crippen molar-refractivity contribution in [2.24, 2.45) is 10.7 Å². The van der Waals surface area contributed by atoms with Crippen LogP contribution in [0.1, 0.15) is 13.3 Å². The number of hydrogen-bond donors (Lipinski definition) is 1. The Hall–Kier alpha value is -0.830. The van der Waals surface area contributed by atoms with Crippen LogP contribution in [-0.2, 0) is 0 Å². The zero-order chi connectivity index (χ0) is 8.27. The molecule has 0 aromatic heterocycles. The number of nitrogens with two attached hydrogens (primary N) is 1. The van der Waals surface area contributed by atoms with E-state index in [2.05, 4.69) is 23.9 Å². The number of allylic oxidation sites excluding steroid dienone is 1. The molecule has 1 aliphatic rings. The monoisotopic (exact) mass is 153 g/mol. The highest BCUT2D eigenvalue weighted by atomic mass is 15.1. The number of nitrogens with zero attached hydrogens (tertiary/aromatic N) is 2. The largest absolute Gasteiger partial charge is 0.371 e. The van der Waals surface area contributed by atoms with Crippen LogP contribution in [0.5, 0.6) is 0 Å². The molecular formula is C8H15N3. The maximum Gasteiger partial charge on any atom is 0.0557 e. The topological polar surface area (TPSA) is 41.6 Å². The first-order valence-electron chi connectivity index (χ1n) is 3.87. The van der Waals surface area contributed by atoms with Gasteiger partial charge in [-0.15, -0.1) is 0 Å². The van der Waals surface area contributed by atoms with Crippen molar-refractivity contribution >= 4 is 5.71 Å². The molecule has 11 heavy (non-hydrogen) atoms. The van der Waals surface area contributed by atoms with Crippen molar-refractivity contribution in [3.8, 4) is 0 Å². The quantitative estimate of drug-likeness (QED) is 0.630. The molecule has 0 saturated carbocycles. The van der Waals surface area contributed by atoms with E-state index in [1.165, 1.54) is 11.4 Å². The summed E-state index contributed by atoms with van der Waals surface area (Å²) in [6, 6.07) is 0. The second-order valence-corrected chi connectivity index (χ2v) is 2.86. The van der Waals surface area contributed by atoms with Crippen LogP contribution < -0.4 is 5.73 Å². The molecule has 0 saturated heterocycles. The summed E-state index contributed by atoms with van der Waals surface area (Å²) in [7, 11) is 2.07. The lowest BCUT2D eigenvalue weighted by atomic mass is 10.2. The number of aliphatic imine (C=N–C) groups is 1. The predicted molar refractivity (Wildman–Crippen MR) is 47.5 cm³/mol. The Morgan fingerprint density at radius 1 is 1.73 bits per heavy atom. The first kappa shape index (κ1) is 8.27. The van der Waals surface area contributed by atoms with E-state index in [-0.39, 0.29) is 0 Å². The molecule has 0 aromatic rings. The van der Waals surface area contributed by atoms with Gasteiger partial charge in [-0.25, -0.2) is 0 Å². The lowest BCUT2D eigenvalue weighted by Crippen LogP contribution is -2.28. The molecule has 0 bridgehead atoms. The SMILES string of the molecule is CC1=CN=C(CCN)CN1C. The van der Waals surface area contributed by atoms with Crippen molar-refractivity contribution in [1.82, 2.24) is 4.90 Å². The van der Waals surface area contributed by atoms with Crippen LogP contribution in [0.25, 0.3) is 0 Å². The minimum Gasteiger partial charge on any atom is -0.371 e. The Labute approximate surface area is 67.6 Å². The van der Waals surface area contributed by atoms with Crippen LogP contribution in [0.15, 0.2) is 16.9 Å². The van der Waals surface area contributed by atoms with Gasteiger partial charge in [0.05, 0.1) is 6.54 Å². The maximum absolute atomic E-state index is 5.42. The summed E-state index contributed by atoms with van der Waals surface area (Å²) in [5.74, 6) is 0. The van der Waals surface area contributed by atoms with E-state index in [1.807, 2.05) is 6.20 Å². The lowest BCUT2D eigenvalue weighted by Gasteiger charge is -2.23. The highest BCUT2D eigenvalue weighted by molar-refractivity contribution is 5.87.